The van der Waals surface area contributed by atoms with Gasteiger partial charge in [-0.2, -0.15) is 0 Å². The molecule has 0 aliphatic carbocycles. The van der Waals surface area contributed by atoms with Gasteiger partial charge >= 0.3 is 0 Å². The molecule has 0 aliphatic heterocycles. The van der Waals surface area contributed by atoms with Crippen molar-refractivity contribution in [1.82, 2.24) is 0 Å². The standard InChI is InChI=1S/C16H11Cl2P/c17-19(18)16(13-15-9-5-2-6-10-15)12-11-14-7-3-1-4-8-14/h1-10,13H/b16-13+. The van der Waals surface area contributed by atoms with Crippen molar-refractivity contribution >= 4 is 35.2 Å². The largest absolute Gasteiger partial charge is 0.125 e. The van der Waals surface area contributed by atoms with Gasteiger partial charge in [0, 0.05) is 5.56 Å². The Morgan fingerprint density at radius 3 is 2.05 bits per heavy atom. The second kappa shape index (κ2) is 7.37. The molecule has 0 saturated carbocycles. The van der Waals surface area contributed by atoms with Crippen LogP contribution in [0.1, 0.15) is 11.1 Å². The van der Waals surface area contributed by atoms with Crippen LogP contribution in [0, 0.1) is 11.8 Å². The first-order valence-electron chi connectivity index (χ1n) is 5.71. The predicted octanol–water partition coefficient (Wildman–Crippen LogP) is 5.87. The van der Waals surface area contributed by atoms with E-state index >= 15 is 0 Å². The maximum atomic E-state index is 6.02. The molecule has 2 rings (SSSR count). The molecule has 0 aliphatic rings. The topological polar surface area (TPSA) is 0 Å². The van der Waals surface area contributed by atoms with Crippen LogP contribution in [0.4, 0.5) is 0 Å². The van der Waals surface area contributed by atoms with Crippen LogP contribution in [0.25, 0.3) is 6.08 Å². The van der Waals surface area contributed by atoms with Gasteiger partial charge in [-0.05, 0) is 23.8 Å². The summed E-state index contributed by atoms with van der Waals surface area (Å²) in [4.78, 5) is 0. The summed E-state index contributed by atoms with van der Waals surface area (Å²) >= 11 is 12.0. The third-order valence-corrected chi connectivity index (χ3v) is 4.09. The van der Waals surface area contributed by atoms with Crippen molar-refractivity contribution in [1.29, 1.82) is 0 Å². The van der Waals surface area contributed by atoms with Crippen LogP contribution in [0.15, 0.2) is 66.0 Å². The number of benzene rings is 2. The molecular weight excluding hydrogens is 294 g/mol. The SMILES string of the molecule is ClP(Cl)/C(C#Cc1ccccc1)=C/c1ccccc1. The Hall–Kier alpha value is -1.25. The summed E-state index contributed by atoms with van der Waals surface area (Å²) in [6, 6.07) is 19.7. The van der Waals surface area contributed by atoms with E-state index in [0.29, 0.717) is 0 Å². The van der Waals surface area contributed by atoms with E-state index in [9.17, 15) is 0 Å². The van der Waals surface area contributed by atoms with E-state index in [4.69, 9.17) is 22.5 Å². The quantitative estimate of drug-likeness (QED) is 0.481. The van der Waals surface area contributed by atoms with Crippen LogP contribution < -0.4 is 0 Å². The summed E-state index contributed by atoms with van der Waals surface area (Å²) in [7, 11) is 0. The van der Waals surface area contributed by atoms with Crippen molar-refractivity contribution in [2.45, 2.75) is 0 Å². The van der Waals surface area contributed by atoms with Gasteiger partial charge < -0.3 is 0 Å². The lowest BCUT2D eigenvalue weighted by Crippen LogP contribution is -1.75. The van der Waals surface area contributed by atoms with Gasteiger partial charge in [0.25, 0.3) is 0 Å². The lowest BCUT2D eigenvalue weighted by Gasteiger charge is -2.00. The Balaban J connectivity index is 2.28. The third kappa shape index (κ3) is 4.73. The van der Waals surface area contributed by atoms with Crippen molar-refractivity contribution in [2.24, 2.45) is 0 Å². The molecule has 94 valence electrons. The number of rotatable bonds is 2. The molecule has 0 radical (unpaired) electrons. The minimum absolute atomic E-state index is 0.758. The molecule has 2 aromatic rings. The van der Waals surface area contributed by atoms with E-state index in [1.165, 1.54) is 0 Å². The summed E-state index contributed by atoms with van der Waals surface area (Å²) in [6.45, 7) is -1.25. The molecule has 0 amide bonds. The summed E-state index contributed by atoms with van der Waals surface area (Å²) < 4.78 is 0. The van der Waals surface area contributed by atoms with Crippen LogP contribution in [-0.2, 0) is 0 Å². The molecule has 0 N–H and O–H groups in total. The Kier molecular flexibility index (Phi) is 5.49. The summed E-state index contributed by atoms with van der Waals surface area (Å²) in [5.41, 5.74) is 2.00. The molecule has 0 atom stereocenters. The Morgan fingerprint density at radius 2 is 1.47 bits per heavy atom. The maximum Gasteiger partial charge on any atom is 0.125 e. The highest BCUT2D eigenvalue weighted by Crippen LogP contribution is 2.54. The Labute approximate surface area is 124 Å². The normalized spacial score (nSPS) is 11.0. The number of hydrogen-bond acceptors (Lipinski definition) is 0. The van der Waals surface area contributed by atoms with E-state index < -0.39 is 6.63 Å². The van der Waals surface area contributed by atoms with Crippen LogP contribution in [0.2, 0.25) is 0 Å². The van der Waals surface area contributed by atoms with Gasteiger partial charge in [0.2, 0.25) is 0 Å². The van der Waals surface area contributed by atoms with Gasteiger partial charge in [-0.3, -0.25) is 0 Å². The smallest absolute Gasteiger partial charge is 0.0720 e. The lowest BCUT2D eigenvalue weighted by atomic mass is 10.2. The average molecular weight is 305 g/mol. The lowest BCUT2D eigenvalue weighted by molar-refractivity contribution is 1.65. The average Bonchev–Trinajstić information content (AvgIpc) is 2.45. The van der Waals surface area contributed by atoms with E-state index in [0.717, 1.165) is 16.4 Å². The minimum Gasteiger partial charge on any atom is -0.0720 e. The zero-order chi connectivity index (χ0) is 13.5. The monoisotopic (exact) mass is 304 g/mol. The zero-order valence-corrected chi connectivity index (χ0v) is 12.5. The zero-order valence-electron chi connectivity index (χ0n) is 10.1. The number of hydrogen-bond donors (Lipinski definition) is 0. The van der Waals surface area contributed by atoms with E-state index in [2.05, 4.69) is 11.8 Å². The summed E-state index contributed by atoms with van der Waals surface area (Å²) in [6.07, 6.45) is 1.93. The van der Waals surface area contributed by atoms with Crippen molar-refractivity contribution in [2.75, 3.05) is 0 Å². The summed E-state index contributed by atoms with van der Waals surface area (Å²) in [5, 5.41) is 0.758. The first kappa shape index (κ1) is 14.2. The second-order valence-electron chi connectivity index (χ2n) is 3.79. The third-order valence-electron chi connectivity index (χ3n) is 2.39. The molecule has 0 saturated heterocycles. The van der Waals surface area contributed by atoms with E-state index in [-0.39, 0.29) is 0 Å². The molecule has 19 heavy (non-hydrogen) atoms. The van der Waals surface area contributed by atoms with Gasteiger partial charge in [0.15, 0.2) is 0 Å². The fourth-order valence-corrected chi connectivity index (χ4v) is 2.43. The molecule has 0 bridgehead atoms. The second-order valence-corrected chi connectivity index (χ2v) is 7.28. The molecule has 0 spiro atoms. The van der Waals surface area contributed by atoms with Crippen molar-refractivity contribution in [3.63, 3.8) is 0 Å². The molecule has 0 nitrogen and oxygen atoms in total. The van der Waals surface area contributed by atoms with Gasteiger partial charge in [0.05, 0.1) is 5.31 Å². The van der Waals surface area contributed by atoms with Gasteiger partial charge in [-0.25, -0.2) is 0 Å². The van der Waals surface area contributed by atoms with Crippen molar-refractivity contribution in [3.8, 4) is 11.8 Å². The van der Waals surface area contributed by atoms with E-state index in [1.54, 1.807) is 0 Å². The van der Waals surface area contributed by atoms with Crippen LogP contribution in [0.5, 0.6) is 0 Å². The van der Waals surface area contributed by atoms with Crippen LogP contribution in [0.3, 0.4) is 0 Å². The minimum atomic E-state index is -1.25. The maximum absolute atomic E-state index is 6.02. The van der Waals surface area contributed by atoms with Gasteiger partial charge in [-0.15, -0.1) is 0 Å². The Morgan fingerprint density at radius 1 is 0.895 bits per heavy atom. The highest BCUT2D eigenvalue weighted by molar-refractivity contribution is 8.07. The first-order valence-corrected chi connectivity index (χ1v) is 8.86. The van der Waals surface area contributed by atoms with Crippen LogP contribution in [-0.4, -0.2) is 0 Å². The molecule has 0 unspecified atom stereocenters. The highest BCUT2D eigenvalue weighted by Gasteiger charge is 2.04. The number of halogens is 2. The first-order chi connectivity index (χ1) is 9.25. The van der Waals surface area contributed by atoms with Gasteiger partial charge in [0.1, 0.15) is 6.63 Å². The molecule has 0 aromatic heterocycles. The highest BCUT2D eigenvalue weighted by atomic mass is 35.9. The number of allylic oxidation sites excluding steroid dienone is 1. The van der Waals surface area contributed by atoms with Crippen molar-refractivity contribution < 1.29 is 0 Å². The fourth-order valence-electron chi connectivity index (χ4n) is 1.49. The molecular formula is C16H11Cl2P. The van der Waals surface area contributed by atoms with E-state index in [1.807, 2.05) is 66.7 Å². The molecule has 2 aromatic carbocycles. The molecule has 0 fully saturated rings. The summed E-state index contributed by atoms with van der Waals surface area (Å²) in [5.74, 6) is 6.14. The predicted molar refractivity (Wildman–Crippen MR) is 86.4 cm³/mol. The fraction of sp³-hybridized carbons (Fsp3) is 0. The Bertz CT molecular complexity index is 607. The molecule has 0 heterocycles. The molecule has 3 heteroatoms. The van der Waals surface area contributed by atoms with Crippen molar-refractivity contribution in [3.05, 3.63) is 77.1 Å². The van der Waals surface area contributed by atoms with Gasteiger partial charge in [-0.1, -0.05) is 82.9 Å². The van der Waals surface area contributed by atoms with Crippen LogP contribution >= 0.6 is 29.1 Å².